The summed E-state index contributed by atoms with van der Waals surface area (Å²) in [6, 6.07) is 12.7. The minimum Gasteiger partial charge on any atom is -0.479 e. The largest absolute Gasteiger partial charge is 0.479 e. The summed E-state index contributed by atoms with van der Waals surface area (Å²) < 4.78 is 39.3. The molecule has 0 aliphatic rings. The SMILES string of the molecule is CC[C@@H](Oc1nc(Oc2cc(/C(C)=N/O)cc(-c3cccc(CN)c3)c2)c(F)cc1F)C(=O)O. The molecule has 0 aliphatic heterocycles. The van der Waals surface area contributed by atoms with Crippen LogP contribution in [-0.4, -0.2) is 33.1 Å². The molecule has 0 fully saturated rings. The number of hydrogen-bond donors (Lipinski definition) is 3. The lowest BCUT2D eigenvalue weighted by Crippen LogP contribution is -2.26. The number of aromatic nitrogens is 1. The number of nitrogens with zero attached hydrogens (tertiary/aromatic N) is 2. The number of carbonyl (C=O) groups is 1. The summed E-state index contributed by atoms with van der Waals surface area (Å²) in [7, 11) is 0. The average molecular weight is 471 g/mol. The molecule has 1 aromatic heterocycles. The van der Waals surface area contributed by atoms with Crippen LogP contribution in [0.15, 0.2) is 53.7 Å². The number of nitrogens with two attached hydrogens (primary N) is 1. The second-order valence-electron chi connectivity index (χ2n) is 7.35. The van der Waals surface area contributed by atoms with Crippen molar-refractivity contribution in [3.8, 4) is 28.6 Å². The van der Waals surface area contributed by atoms with E-state index in [4.69, 9.17) is 20.3 Å². The second-order valence-corrected chi connectivity index (χ2v) is 7.35. The molecule has 4 N–H and O–H groups in total. The first-order valence-corrected chi connectivity index (χ1v) is 10.3. The Morgan fingerprint density at radius 1 is 1.12 bits per heavy atom. The van der Waals surface area contributed by atoms with E-state index in [0.717, 1.165) is 11.1 Å². The maximum atomic E-state index is 14.5. The molecule has 3 rings (SSSR count). The third kappa shape index (κ3) is 5.65. The number of halogens is 2. The van der Waals surface area contributed by atoms with Gasteiger partial charge in [0.25, 0.3) is 11.8 Å². The van der Waals surface area contributed by atoms with Crippen molar-refractivity contribution in [1.82, 2.24) is 4.98 Å². The standard InChI is InChI=1S/C24H23F2N3O5/c1-3-21(24(30)31)34-23-20(26)11-19(25)22(28-23)33-18-9-16(13(2)29-32)8-17(10-18)15-6-4-5-14(7-15)12-27/h4-11,21,32H,3,12,27H2,1-2H3,(H,30,31)/b29-13+/t21-/m1/s1. The number of ether oxygens (including phenoxy) is 2. The van der Waals surface area contributed by atoms with Crippen molar-refractivity contribution in [1.29, 1.82) is 0 Å². The highest BCUT2D eigenvalue weighted by Crippen LogP contribution is 2.32. The Hall–Kier alpha value is -4.05. The molecule has 3 aromatic rings. The monoisotopic (exact) mass is 471 g/mol. The van der Waals surface area contributed by atoms with E-state index in [2.05, 4.69) is 10.1 Å². The Bertz CT molecular complexity index is 1230. The minimum absolute atomic E-state index is 0.0388. The molecule has 1 heterocycles. The Balaban J connectivity index is 2.04. The highest BCUT2D eigenvalue weighted by molar-refractivity contribution is 5.99. The van der Waals surface area contributed by atoms with Crippen molar-refractivity contribution in [3.63, 3.8) is 0 Å². The van der Waals surface area contributed by atoms with Gasteiger partial charge < -0.3 is 25.5 Å². The van der Waals surface area contributed by atoms with E-state index in [1.54, 1.807) is 19.1 Å². The highest BCUT2D eigenvalue weighted by Gasteiger charge is 2.22. The summed E-state index contributed by atoms with van der Waals surface area (Å²) in [5.41, 5.74) is 8.79. The third-order valence-electron chi connectivity index (χ3n) is 4.95. The van der Waals surface area contributed by atoms with Crippen molar-refractivity contribution in [2.24, 2.45) is 10.9 Å². The van der Waals surface area contributed by atoms with E-state index in [0.29, 0.717) is 23.7 Å². The Labute approximate surface area is 194 Å². The zero-order valence-corrected chi connectivity index (χ0v) is 18.5. The third-order valence-corrected chi connectivity index (χ3v) is 4.95. The van der Waals surface area contributed by atoms with Crippen LogP contribution in [0.5, 0.6) is 17.5 Å². The number of benzene rings is 2. The Morgan fingerprint density at radius 2 is 1.85 bits per heavy atom. The van der Waals surface area contributed by atoms with Crippen LogP contribution in [0.4, 0.5) is 8.78 Å². The molecule has 34 heavy (non-hydrogen) atoms. The predicted molar refractivity (Wildman–Crippen MR) is 120 cm³/mol. The number of pyridine rings is 1. The number of rotatable bonds is 9. The molecule has 8 nitrogen and oxygen atoms in total. The number of aliphatic carboxylic acids is 1. The minimum atomic E-state index is -1.37. The summed E-state index contributed by atoms with van der Waals surface area (Å²) in [6.07, 6.45) is -1.33. The van der Waals surface area contributed by atoms with Crippen molar-refractivity contribution in [2.45, 2.75) is 32.9 Å². The molecule has 0 saturated heterocycles. The molecule has 2 aromatic carbocycles. The van der Waals surface area contributed by atoms with Gasteiger partial charge in [0.2, 0.25) is 0 Å². The fourth-order valence-corrected chi connectivity index (χ4v) is 3.11. The van der Waals surface area contributed by atoms with Gasteiger partial charge in [-0.25, -0.2) is 13.6 Å². The van der Waals surface area contributed by atoms with Gasteiger partial charge in [0.1, 0.15) is 5.75 Å². The molecule has 0 saturated carbocycles. The van der Waals surface area contributed by atoms with E-state index in [9.17, 15) is 18.8 Å². The quantitative estimate of drug-likeness (QED) is 0.234. The van der Waals surface area contributed by atoms with Crippen LogP contribution in [0.2, 0.25) is 0 Å². The Morgan fingerprint density at radius 3 is 2.50 bits per heavy atom. The van der Waals surface area contributed by atoms with Gasteiger partial charge in [0.15, 0.2) is 17.7 Å². The zero-order valence-electron chi connectivity index (χ0n) is 18.5. The van der Waals surface area contributed by atoms with Crippen LogP contribution in [0.1, 0.15) is 31.4 Å². The Kier molecular flexibility index (Phi) is 7.75. The van der Waals surface area contributed by atoms with Crippen LogP contribution < -0.4 is 15.2 Å². The van der Waals surface area contributed by atoms with E-state index in [-0.39, 0.29) is 17.9 Å². The highest BCUT2D eigenvalue weighted by atomic mass is 19.1. The number of carboxylic acids is 1. The van der Waals surface area contributed by atoms with E-state index >= 15 is 0 Å². The lowest BCUT2D eigenvalue weighted by molar-refractivity contribution is -0.145. The van der Waals surface area contributed by atoms with E-state index in [1.807, 2.05) is 24.3 Å². The summed E-state index contributed by atoms with van der Waals surface area (Å²) in [6.45, 7) is 3.44. The van der Waals surface area contributed by atoms with Crippen LogP contribution in [0.3, 0.4) is 0 Å². The van der Waals surface area contributed by atoms with Gasteiger partial charge in [0, 0.05) is 18.2 Å². The molecule has 10 heteroatoms. The zero-order chi connectivity index (χ0) is 24.8. The molecule has 1 atom stereocenters. The van der Waals surface area contributed by atoms with Crippen LogP contribution in [0.25, 0.3) is 11.1 Å². The fraction of sp³-hybridized carbons (Fsp3) is 0.208. The van der Waals surface area contributed by atoms with Crippen molar-refractivity contribution in [3.05, 3.63) is 71.3 Å². The lowest BCUT2D eigenvalue weighted by Gasteiger charge is -2.15. The van der Waals surface area contributed by atoms with Crippen molar-refractivity contribution < 1.29 is 33.4 Å². The lowest BCUT2D eigenvalue weighted by atomic mass is 9.99. The second kappa shape index (κ2) is 10.7. The maximum absolute atomic E-state index is 14.5. The van der Waals surface area contributed by atoms with Crippen LogP contribution in [0, 0.1) is 11.6 Å². The van der Waals surface area contributed by atoms with Gasteiger partial charge in [-0.05, 0) is 54.3 Å². The normalized spacial score (nSPS) is 12.3. The predicted octanol–water partition coefficient (Wildman–Crippen LogP) is 4.72. The molecule has 178 valence electrons. The summed E-state index contributed by atoms with van der Waals surface area (Å²) in [5, 5.41) is 21.6. The molecule has 0 unspecified atom stereocenters. The molecule has 0 amide bonds. The van der Waals surface area contributed by atoms with Gasteiger partial charge >= 0.3 is 5.97 Å². The maximum Gasteiger partial charge on any atom is 0.344 e. The molecule has 0 radical (unpaired) electrons. The van der Waals surface area contributed by atoms with Crippen LogP contribution >= 0.6 is 0 Å². The molecular weight excluding hydrogens is 448 g/mol. The average Bonchev–Trinajstić information content (AvgIpc) is 2.84. The first-order chi connectivity index (χ1) is 16.2. The number of carboxylic acid groups (broad SMARTS) is 1. The van der Waals surface area contributed by atoms with Gasteiger partial charge in [0.05, 0.1) is 5.71 Å². The molecule has 0 aliphatic carbocycles. The van der Waals surface area contributed by atoms with Crippen LogP contribution in [-0.2, 0) is 11.3 Å². The first-order valence-electron chi connectivity index (χ1n) is 10.3. The molecular formula is C24H23F2N3O5. The summed E-state index contributed by atoms with van der Waals surface area (Å²) in [5.74, 6) is -4.80. The number of oxime groups is 1. The van der Waals surface area contributed by atoms with E-state index < -0.39 is 35.5 Å². The van der Waals surface area contributed by atoms with E-state index in [1.165, 1.54) is 13.0 Å². The van der Waals surface area contributed by atoms with Gasteiger partial charge in [-0.2, -0.15) is 4.98 Å². The van der Waals surface area contributed by atoms with Crippen molar-refractivity contribution in [2.75, 3.05) is 0 Å². The summed E-state index contributed by atoms with van der Waals surface area (Å²) in [4.78, 5) is 14.9. The van der Waals surface area contributed by atoms with Crippen molar-refractivity contribution >= 4 is 11.7 Å². The van der Waals surface area contributed by atoms with Gasteiger partial charge in [-0.3, -0.25) is 0 Å². The number of hydrogen-bond acceptors (Lipinski definition) is 7. The topological polar surface area (TPSA) is 127 Å². The molecule has 0 bridgehead atoms. The smallest absolute Gasteiger partial charge is 0.344 e. The molecule has 0 spiro atoms. The fourth-order valence-electron chi connectivity index (χ4n) is 3.11. The van der Waals surface area contributed by atoms with Gasteiger partial charge in [-0.1, -0.05) is 30.3 Å². The van der Waals surface area contributed by atoms with Gasteiger partial charge in [-0.15, -0.1) is 0 Å². The first kappa shape index (κ1) is 24.6. The summed E-state index contributed by atoms with van der Waals surface area (Å²) >= 11 is 0.